The molecule has 2 aliphatic rings. The van der Waals surface area contributed by atoms with Crippen LogP contribution in [0.5, 0.6) is 0 Å². The Labute approximate surface area is 317 Å². The van der Waals surface area contributed by atoms with Gasteiger partial charge in [0.15, 0.2) is 5.82 Å². The van der Waals surface area contributed by atoms with E-state index in [4.69, 9.17) is 9.97 Å². The van der Waals surface area contributed by atoms with Crippen molar-refractivity contribution in [2.45, 2.75) is 37.5 Å². The molecule has 258 valence electrons. The molecular formula is C52H40N2. The van der Waals surface area contributed by atoms with Gasteiger partial charge in [-0.05, 0) is 92.7 Å². The van der Waals surface area contributed by atoms with Crippen molar-refractivity contribution in [1.29, 1.82) is 0 Å². The Bertz CT molecular complexity index is 2560. The van der Waals surface area contributed by atoms with Crippen LogP contribution in [0.1, 0.15) is 43.2 Å². The van der Waals surface area contributed by atoms with Crippen LogP contribution in [0.25, 0.3) is 78.4 Å². The second-order valence-corrected chi connectivity index (χ2v) is 14.9. The average Bonchev–Trinajstić information content (AvgIpc) is 3.52. The minimum absolute atomic E-state index is 0.166. The molecule has 0 aliphatic heterocycles. The molecular weight excluding hydrogens is 653 g/mol. The van der Waals surface area contributed by atoms with Crippen LogP contribution in [0.15, 0.2) is 182 Å². The van der Waals surface area contributed by atoms with E-state index >= 15 is 0 Å². The first-order valence-electron chi connectivity index (χ1n) is 19.3. The fraction of sp³-hybridized carbons (Fsp3) is 0.115. The van der Waals surface area contributed by atoms with E-state index in [0.717, 1.165) is 39.5 Å². The lowest BCUT2D eigenvalue weighted by Crippen LogP contribution is -2.28. The molecule has 0 saturated heterocycles. The summed E-state index contributed by atoms with van der Waals surface area (Å²) in [6.07, 6.45) is 6.46. The van der Waals surface area contributed by atoms with Crippen molar-refractivity contribution in [1.82, 2.24) is 9.97 Å². The summed E-state index contributed by atoms with van der Waals surface area (Å²) in [6.45, 7) is 0. The van der Waals surface area contributed by atoms with Gasteiger partial charge in [-0.2, -0.15) is 0 Å². The summed E-state index contributed by atoms with van der Waals surface area (Å²) in [7, 11) is 0. The predicted molar refractivity (Wildman–Crippen MR) is 224 cm³/mol. The molecule has 54 heavy (non-hydrogen) atoms. The van der Waals surface area contributed by atoms with Crippen LogP contribution in [0.3, 0.4) is 0 Å². The van der Waals surface area contributed by atoms with Gasteiger partial charge in [-0.3, -0.25) is 0 Å². The largest absolute Gasteiger partial charge is 0.228 e. The molecule has 7 aromatic carbocycles. The number of fused-ring (bicyclic) bond motifs is 5. The Morgan fingerprint density at radius 3 is 1.48 bits per heavy atom. The van der Waals surface area contributed by atoms with Gasteiger partial charge in [-0.1, -0.05) is 177 Å². The van der Waals surface area contributed by atoms with E-state index in [-0.39, 0.29) is 5.41 Å². The van der Waals surface area contributed by atoms with E-state index in [1.807, 2.05) is 24.3 Å². The van der Waals surface area contributed by atoms with Gasteiger partial charge >= 0.3 is 0 Å². The predicted octanol–water partition coefficient (Wildman–Crippen LogP) is 13.7. The van der Waals surface area contributed by atoms with Crippen LogP contribution >= 0.6 is 0 Å². The molecule has 0 bridgehead atoms. The maximum Gasteiger partial charge on any atom is 0.160 e. The Kier molecular flexibility index (Phi) is 8.10. The van der Waals surface area contributed by atoms with Gasteiger partial charge in [0.1, 0.15) is 0 Å². The van der Waals surface area contributed by atoms with Crippen molar-refractivity contribution in [3.63, 3.8) is 0 Å². The van der Waals surface area contributed by atoms with Crippen LogP contribution < -0.4 is 0 Å². The first-order valence-corrected chi connectivity index (χ1v) is 19.3. The number of benzene rings is 7. The quantitative estimate of drug-likeness (QED) is 0.173. The molecule has 1 saturated carbocycles. The van der Waals surface area contributed by atoms with Crippen LogP contribution in [0.4, 0.5) is 0 Å². The molecule has 2 heteroatoms. The first-order chi connectivity index (χ1) is 26.7. The Morgan fingerprint density at radius 1 is 0.315 bits per heavy atom. The van der Waals surface area contributed by atoms with E-state index in [1.165, 1.54) is 76.6 Å². The summed E-state index contributed by atoms with van der Waals surface area (Å²) in [5.41, 5.74) is 18.4. The zero-order valence-electron chi connectivity index (χ0n) is 30.3. The van der Waals surface area contributed by atoms with E-state index in [1.54, 1.807) is 5.56 Å². The van der Waals surface area contributed by atoms with Gasteiger partial charge < -0.3 is 0 Å². The number of aromatic nitrogens is 2. The lowest BCUT2D eigenvalue weighted by Gasteiger charge is -2.36. The van der Waals surface area contributed by atoms with E-state index < -0.39 is 0 Å². The van der Waals surface area contributed by atoms with Gasteiger partial charge in [0.2, 0.25) is 0 Å². The van der Waals surface area contributed by atoms with Crippen LogP contribution in [0, 0.1) is 0 Å². The molecule has 0 atom stereocenters. The fourth-order valence-corrected chi connectivity index (χ4v) is 8.99. The summed E-state index contributed by atoms with van der Waals surface area (Å²) in [5, 5.41) is 0. The van der Waals surface area contributed by atoms with Gasteiger partial charge in [0.05, 0.1) is 11.4 Å². The molecule has 10 rings (SSSR count). The highest BCUT2D eigenvalue weighted by atomic mass is 14.9. The van der Waals surface area contributed by atoms with Gasteiger partial charge in [-0.25, -0.2) is 9.97 Å². The van der Waals surface area contributed by atoms with E-state index in [2.05, 4.69) is 158 Å². The normalized spacial score (nSPS) is 14.1. The SMILES string of the molecule is c1ccc(-c2cc(-c3cccc(-c4cccc(-c5ccc(-c6ccc7c(c6)C6(CCCCC6)c6ccccc6-7)cc5)c4)c3)nc(-c3ccccc3)n2)cc1. The van der Waals surface area contributed by atoms with Gasteiger partial charge in [0.25, 0.3) is 0 Å². The second-order valence-electron chi connectivity index (χ2n) is 14.9. The molecule has 2 nitrogen and oxygen atoms in total. The minimum atomic E-state index is 0.166. The summed E-state index contributed by atoms with van der Waals surface area (Å²) in [5.74, 6) is 0.723. The molecule has 1 fully saturated rings. The fourth-order valence-electron chi connectivity index (χ4n) is 8.99. The summed E-state index contributed by atoms with van der Waals surface area (Å²) < 4.78 is 0. The second kappa shape index (κ2) is 13.5. The summed E-state index contributed by atoms with van der Waals surface area (Å²) >= 11 is 0. The van der Waals surface area contributed by atoms with Crippen molar-refractivity contribution >= 4 is 0 Å². The van der Waals surface area contributed by atoms with Crippen LogP contribution in [-0.4, -0.2) is 9.97 Å². The number of rotatable bonds is 6. The topological polar surface area (TPSA) is 25.8 Å². The third-order valence-corrected chi connectivity index (χ3v) is 11.7. The first kappa shape index (κ1) is 32.3. The highest BCUT2D eigenvalue weighted by molar-refractivity contribution is 5.85. The maximum absolute atomic E-state index is 5.08. The van der Waals surface area contributed by atoms with Gasteiger partial charge in [-0.15, -0.1) is 0 Å². The smallest absolute Gasteiger partial charge is 0.160 e. The molecule has 0 radical (unpaired) electrons. The third-order valence-electron chi connectivity index (χ3n) is 11.7. The number of nitrogens with zero attached hydrogens (tertiary/aromatic N) is 2. The Hall–Kier alpha value is -6.38. The lowest BCUT2D eigenvalue weighted by atomic mass is 9.67. The Morgan fingerprint density at radius 2 is 0.796 bits per heavy atom. The van der Waals surface area contributed by atoms with Gasteiger partial charge in [0, 0.05) is 22.1 Å². The monoisotopic (exact) mass is 692 g/mol. The van der Waals surface area contributed by atoms with Crippen molar-refractivity contribution in [3.8, 4) is 78.4 Å². The lowest BCUT2D eigenvalue weighted by molar-refractivity contribution is 0.353. The minimum Gasteiger partial charge on any atom is -0.228 e. The van der Waals surface area contributed by atoms with Crippen molar-refractivity contribution in [3.05, 3.63) is 193 Å². The van der Waals surface area contributed by atoms with Crippen molar-refractivity contribution in [2.75, 3.05) is 0 Å². The maximum atomic E-state index is 5.08. The summed E-state index contributed by atoms with van der Waals surface area (Å²) in [4.78, 5) is 10.1. The zero-order valence-corrected chi connectivity index (χ0v) is 30.3. The molecule has 2 aliphatic carbocycles. The molecule has 8 aromatic rings. The molecule has 0 unspecified atom stereocenters. The summed E-state index contributed by atoms with van der Waals surface area (Å²) in [6, 6.07) is 65.8. The average molecular weight is 693 g/mol. The highest BCUT2D eigenvalue weighted by Gasteiger charge is 2.43. The highest BCUT2D eigenvalue weighted by Crippen LogP contribution is 2.56. The molecule has 1 heterocycles. The van der Waals surface area contributed by atoms with Crippen molar-refractivity contribution in [2.24, 2.45) is 0 Å². The third kappa shape index (κ3) is 5.76. The molecule has 1 spiro atoms. The number of hydrogen-bond donors (Lipinski definition) is 0. The van der Waals surface area contributed by atoms with E-state index in [9.17, 15) is 0 Å². The zero-order chi connectivity index (χ0) is 35.9. The molecule has 1 aromatic heterocycles. The van der Waals surface area contributed by atoms with E-state index in [0.29, 0.717) is 0 Å². The van der Waals surface area contributed by atoms with Crippen molar-refractivity contribution < 1.29 is 0 Å². The van der Waals surface area contributed by atoms with Crippen LogP contribution in [-0.2, 0) is 5.41 Å². The molecule has 0 amide bonds. The van der Waals surface area contributed by atoms with Crippen LogP contribution in [0.2, 0.25) is 0 Å². The number of hydrogen-bond acceptors (Lipinski definition) is 2. The molecule has 0 N–H and O–H groups in total. The standard InChI is InChI=1S/C52H40N2/c1-4-14-38(15-5-1)49-35-50(54-51(53-49)39-16-6-2-7-17-39)44-21-13-20-42(33-44)41-19-12-18-40(32-41)36-24-26-37(27-25-36)43-28-29-46-45-22-8-9-23-47(45)52(48(46)34-43)30-10-3-11-31-52/h1-2,4-9,12-29,32-35H,3,10-11,30-31H2. The Balaban J connectivity index is 0.958.